The Bertz CT molecular complexity index is 788. The van der Waals surface area contributed by atoms with E-state index in [9.17, 15) is 14.4 Å². The number of hydrogen-bond donors (Lipinski definition) is 5. The maximum Gasteiger partial charge on any atom is 0.245 e. The Morgan fingerprint density at radius 3 is 2.42 bits per heavy atom. The Balaban J connectivity index is 2.26. The van der Waals surface area contributed by atoms with Crippen LogP contribution in [0.25, 0.3) is 10.8 Å². The van der Waals surface area contributed by atoms with Gasteiger partial charge in [-0.15, -0.1) is 0 Å². The van der Waals surface area contributed by atoms with Gasteiger partial charge < -0.3 is 21.7 Å². The first-order chi connectivity index (χ1) is 12.4. The van der Waals surface area contributed by atoms with Crippen molar-refractivity contribution < 1.29 is 14.4 Å². The van der Waals surface area contributed by atoms with Gasteiger partial charge in [0.05, 0.1) is 6.04 Å². The maximum absolute atomic E-state index is 12.5. The molecule has 0 fully saturated rings. The van der Waals surface area contributed by atoms with Gasteiger partial charge in [-0.2, -0.15) is 0 Å². The van der Waals surface area contributed by atoms with E-state index < -0.39 is 30.2 Å². The summed E-state index contributed by atoms with van der Waals surface area (Å²) < 4.78 is 0. The molecule has 3 unspecified atom stereocenters. The number of carbonyl (C=O) groups is 3. The van der Waals surface area contributed by atoms with Crippen molar-refractivity contribution in [2.24, 2.45) is 11.5 Å². The molecule has 0 saturated heterocycles. The molecule has 0 saturated carbocycles. The van der Waals surface area contributed by atoms with Crippen LogP contribution >= 0.6 is 0 Å². The van der Waals surface area contributed by atoms with Crippen LogP contribution in [0, 0.1) is 0 Å². The minimum Gasteiger partial charge on any atom is -0.343 e. The second kappa shape index (κ2) is 8.93. The molecule has 8 nitrogen and oxygen atoms in total. The quantitative estimate of drug-likeness (QED) is 0.315. The topological polar surface area (TPSA) is 139 Å². The summed E-state index contributed by atoms with van der Waals surface area (Å²) in [5.74, 6) is -0.976. The first kappa shape index (κ1) is 19.4. The van der Waals surface area contributed by atoms with Gasteiger partial charge in [-0.3, -0.25) is 20.1 Å². The van der Waals surface area contributed by atoms with Crippen LogP contribution in [0.3, 0.4) is 0 Å². The average molecular weight is 357 g/mol. The van der Waals surface area contributed by atoms with Gasteiger partial charge in [-0.1, -0.05) is 42.5 Å². The molecular formula is C18H23N5O3. The minimum absolute atomic E-state index is 0.249. The van der Waals surface area contributed by atoms with Crippen LogP contribution < -0.4 is 27.4 Å². The van der Waals surface area contributed by atoms with Crippen LogP contribution in [0.4, 0.5) is 0 Å². The molecule has 2 aromatic rings. The average Bonchev–Trinajstić information content (AvgIpc) is 2.61. The highest BCUT2D eigenvalue weighted by atomic mass is 16.2. The van der Waals surface area contributed by atoms with Gasteiger partial charge in [0.15, 0.2) is 6.29 Å². The zero-order chi connectivity index (χ0) is 19.1. The summed E-state index contributed by atoms with van der Waals surface area (Å²) in [5.41, 5.74) is 12.1. The molecule has 0 aliphatic heterocycles. The van der Waals surface area contributed by atoms with Crippen molar-refractivity contribution >= 4 is 29.0 Å². The summed E-state index contributed by atoms with van der Waals surface area (Å²) in [6.07, 6.45) is -0.424. The van der Waals surface area contributed by atoms with E-state index in [0.29, 0.717) is 6.41 Å². The van der Waals surface area contributed by atoms with Gasteiger partial charge in [0.25, 0.3) is 0 Å². The number of hydrogen-bond acceptors (Lipinski definition) is 5. The Kier molecular flexibility index (Phi) is 6.65. The zero-order valence-corrected chi connectivity index (χ0v) is 14.4. The van der Waals surface area contributed by atoms with Crippen molar-refractivity contribution in [3.05, 3.63) is 48.0 Å². The van der Waals surface area contributed by atoms with E-state index in [4.69, 9.17) is 11.5 Å². The molecule has 0 spiro atoms. The highest BCUT2D eigenvalue weighted by Crippen LogP contribution is 2.20. The van der Waals surface area contributed by atoms with Gasteiger partial charge in [0.2, 0.25) is 18.2 Å². The van der Waals surface area contributed by atoms with Crippen molar-refractivity contribution in [1.82, 2.24) is 16.0 Å². The molecule has 0 radical (unpaired) electrons. The summed E-state index contributed by atoms with van der Waals surface area (Å²) in [5, 5.41) is 9.31. The van der Waals surface area contributed by atoms with E-state index in [0.717, 1.165) is 16.3 Å². The largest absolute Gasteiger partial charge is 0.343 e. The third kappa shape index (κ3) is 5.01. The molecule has 0 aliphatic carbocycles. The maximum atomic E-state index is 12.5. The monoisotopic (exact) mass is 357 g/mol. The van der Waals surface area contributed by atoms with Gasteiger partial charge in [-0.05, 0) is 23.3 Å². The lowest BCUT2D eigenvalue weighted by atomic mass is 9.98. The number of benzene rings is 2. The van der Waals surface area contributed by atoms with E-state index in [2.05, 4.69) is 16.0 Å². The summed E-state index contributed by atoms with van der Waals surface area (Å²) in [7, 11) is 0. The SMILES string of the molecule is CC(N)C(=O)NC(Cc1cccc2ccccc12)C(=O)NC(N)NC=O. The normalized spacial score (nSPS) is 14.1. The first-order valence-electron chi connectivity index (χ1n) is 8.20. The molecule has 26 heavy (non-hydrogen) atoms. The van der Waals surface area contributed by atoms with Gasteiger partial charge in [-0.25, -0.2) is 0 Å². The molecule has 3 amide bonds. The van der Waals surface area contributed by atoms with E-state index in [1.54, 1.807) is 0 Å². The molecule has 0 heterocycles. The molecule has 2 rings (SSSR count). The fourth-order valence-corrected chi connectivity index (χ4v) is 2.57. The van der Waals surface area contributed by atoms with Crippen LogP contribution in [0.2, 0.25) is 0 Å². The summed E-state index contributed by atoms with van der Waals surface area (Å²) in [6.45, 7) is 1.53. The Morgan fingerprint density at radius 1 is 1.04 bits per heavy atom. The number of carbonyl (C=O) groups excluding carboxylic acids is 3. The molecule has 0 bridgehead atoms. The standard InChI is InChI=1S/C18H23N5O3/c1-11(19)16(25)22-15(17(26)23-18(20)21-10-24)9-13-7-4-6-12-5-2-3-8-14(12)13/h2-8,10-11,15,18H,9,19-20H2,1H3,(H,21,24)(H,22,25)(H,23,26). The lowest BCUT2D eigenvalue weighted by molar-refractivity contribution is -0.130. The van der Waals surface area contributed by atoms with Crippen molar-refractivity contribution in [2.45, 2.75) is 31.7 Å². The van der Waals surface area contributed by atoms with Gasteiger partial charge >= 0.3 is 0 Å². The molecule has 3 atom stereocenters. The number of rotatable bonds is 8. The number of fused-ring (bicyclic) bond motifs is 1. The fourth-order valence-electron chi connectivity index (χ4n) is 2.57. The lowest BCUT2D eigenvalue weighted by Gasteiger charge is -2.22. The van der Waals surface area contributed by atoms with Crippen molar-refractivity contribution in [2.75, 3.05) is 0 Å². The number of nitrogens with two attached hydrogens (primary N) is 2. The first-order valence-corrected chi connectivity index (χ1v) is 8.20. The second-order valence-corrected chi connectivity index (χ2v) is 5.96. The molecule has 2 aromatic carbocycles. The van der Waals surface area contributed by atoms with Crippen LogP contribution in [0.15, 0.2) is 42.5 Å². The minimum atomic E-state index is -1.05. The highest BCUT2D eigenvalue weighted by molar-refractivity contribution is 5.91. The van der Waals surface area contributed by atoms with Gasteiger partial charge in [0, 0.05) is 6.42 Å². The van der Waals surface area contributed by atoms with E-state index in [1.165, 1.54) is 6.92 Å². The molecule has 138 valence electrons. The van der Waals surface area contributed by atoms with Crippen LogP contribution in [0.5, 0.6) is 0 Å². The number of amides is 3. The van der Waals surface area contributed by atoms with Crippen molar-refractivity contribution in [1.29, 1.82) is 0 Å². The smallest absolute Gasteiger partial charge is 0.245 e. The summed E-state index contributed by atoms with van der Waals surface area (Å²) in [4.78, 5) is 35.0. The third-order valence-electron chi connectivity index (χ3n) is 3.90. The van der Waals surface area contributed by atoms with Crippen molar-refractivity contribution in [3.8, 4) is 0 Å². The number of nitrogens with one attached hydrogen (secondary N) is 3. The molecule has 8 heteroatoms. The molecular weight excluding hydrogens is 334 g/mol. The Labute approximate surface area is 151 Å². The predicted molar refractivity (Wildman–Crippen MR) is 98.5 cm³/mol. The fraction of sp³-hybridized carbons (Fsp3) is 0.278. The zero-order valence-electron chi connectivity index (χ0n) is 14.4. The molecule has 0 aromatic heterocycles. The van der Waals surface area contributed by atoms with Gasteiger partial charge in [0.1, 0.15) is 6.04 Å². The molecule has 7 N–H and O–H groups in total. The van der Waals surface area contributed by atoms with E-state index >= 15 is 0 Å². The summed E-state index contributed by atoms with van der Waals surface area (Å²) in [6, 6.07) is 11.9. The third-order valence-corrected chi connectivity index (χ3v) is 3.90. The predicted octanol–water partition coefficient (Wildman–Crippen LogP) is -0.681. The lowest BCUT2D eigenvalue weighted by Crippen LogP contribution is -2.58. The second-order valence-electron chi connectivity index (χ2n) is 5.96. The van der Waals surface area contributed by atoms with Crippen molar-refractivity contribution in [3.63, 3.8) is 0 Å². The molecule has 0 aliphatic rings. The van der Waals surface area contributed by atoms with E-state index in [-0.39, 0.29) is 6.42 Å². The summed E-state index contributed by atoms with van der Waals surface area (Å²) >= 11 is 0. The van der Waals surface area contributed by atoms with Crippen LogP contribution in [-0.4, -0.2) is 36.6 Å². The Hall–Kier alpha value is -2.97. The van der Waals surface area contributed by atoms with E-state index in [1.807, 2.05) is 42.5 Å². The van der Waals surface area contributed by atoms with Crippen LogP contribution in [0.1, 0.15) is 12.5 Å². The van der Waals surface area contributed by atoms with Crippen LogP contribution in [-0.2, 0) is 20.8 Å². The Morgan fingerprint density at radius 2 is 1.73 bits per heavy atom. The highest BCUT2D eigenvalue weighted by Gasteiger charge is 2.24.